The van der Waals surface area contributed by atoms with Crippen molar-refractivity contribution in [3.05, 3.63) is 46.4 Å². The first-order valence-electron chi connectivity index (χ1n) is 15.4. The molecule has 0 saturated carbocycles. The number of aromatic nitrogens is 6. The van der Waals surface area contributed by atoms with Gasteiger partial charge in [-0.3, -0.25) is 4.21 Å². The van der Waals surface area contributed by atoms with Gasteiger partial charge < -0.3 is 18.8 Å². The lowest BCUT2D eigenvalue weighted by Crippen LogP contribution is -2.42. The maximum atomic E-state index is 12.1. The van der Waals surface area contributed by atoms with E-state index in [4.69, 9.17) is 39.5 Å². The third kappa shape index (κ3) is 8.63. The molecule has 6 rings (SSSR count). The van der Waals surface area contributed by atoms with Gasteiger partial charge in [0.05, 0.1) is 10.8 Å². The molecule has 6 heterocycles. The van der Waals surface area contributed by atoms with Crippen LogP contribution in [0.3, 0.4) is 0 Å². The van der Waals surface area contributed by atoms with Crippen molar-refractivity contribution >= 4 is 78.5 Å². The molecule has 4 aromatic heterocycles. The average molecular weight is 712 g/mol. The molecule has 2 aliphatic heterocycles. The molecular formula is C31H41Cl3N8O3S. The molecule has 2 fully saturated rings. The zero-order valence-electron chi connectivity index (χ0n) is 26.7. The monoisotopic (exact) mass is 710 g/mol. The van der Waals surface area contributed by atoms with Crippen LogP contribution in [-0.2, 0) is 27.5 Å². The number of fused-ring (bicyclic) bond motifs is 2. The van der Waals surface area contributed by atoms with E-state index in [9.17, 15) is 9.00 Å². The van der Waals surface area contributed by atoms with E-state index in [-0.39, 0.29) is 11.4 Å². The van der Waals surface area contributed by atoms with Crippen molar-refractivity contribution < 1.29 is 13.7 Å². The first kappa shape index (κ1) is 34.7. The van der Waals surface area contributed by atoms with Crippen molar-refractivity contribution in [2.24, 2.45) is 11.8 Å². The molecule has 46 heavy (non-hydrogen) atoms. The summed E-state index contributed by atoms with van der Waals surface area (Å²) in [5, 5.41) is 2.71. The quantitative estimate of drug-likeness (QED) is 0.133. The van der Waals surface area contributed by atoms with E-state index in [1.807, 2.05) is 49.6 Å². The predicted octanol–water partition coefficient (Wildman–Crippen LogP) is 6.44. The summed E-state index contributed by atoms with van der Waals surface area (Å²) in [6.07, 6.45) is 10.9. The highest BCUT2D eigenvalue weighted by molar-refractivity contribution is 7.97. The smallest absolute Gasteiger partial charge is 0.410 e. The minimum absolute atomic E-state index is 0.150. The number of halogens is 3. The summed E-state index contributed by atoms with van der Waals surface area (Å²) in [5.41, 5.74) is 1.17. The van der Waals surface area contributed by atoms with Crippen molar-refractivity contribution in [2.75, 3.05) is 32.4 Å². The van der Waals surface area contributed by atoms with Gasteiger partial charge in [-0.25, -0.2) is 24.1 Å². The van der Waals surface area contributed by atoms with Crippen LogP contribution < -0.4 is 0 Å². The highest BCUT2D eigenvalue weighted by atomic mass is 35.5. The molecule has 0 aliphatic carbocycles. The summed E-state index contributed by atoms with van der Waals surface area (Å²) < 4.78 is 23.6. The molecule has 2 aliphatic rings. The molecule has 11 nitrogen and oxygen atoms in total. The predicted molar refractivity (Wildman–Crippen MR) is 186 cm³/mol. The zero-order chi connectivity index (χ0) is 33.2. The summed E-state index contributed by atoms with van der Waals surface area (Å²) in [7, 11) is -2.06. The molecule has 4 aromatic rings. The van der Waals surface area contributed by atoms with Crippen LogP contribution >= 0.6 is 34.8 Å². The van der Waals surface area contributed by atoms with Crippen molar-refractivity contribution in [1.82, 2.24) is 38.3 Å². The maximum absolute atomic E-state index is 12.1. The standard InChI is InChI=1S/C17H22Cl2N4O2.C14H19ClN4OS/c1-17(2,3)25-16(24)22-7-4-11(5-8-22)10-23-9-6-12-13(18)20-15(19)21-14(12)23;1-21(2,20)19-7-3-11(4-8-19)9-18-6-5-12-13(15)16-10-17-14(12)18/h6,9,11H,4-5,7-8,10H2,1-3H3;5-6,10-11H,1,3-4,7-9H2,2H3. The molecule has 0 bridgehead atoms. The lowest BCUT2D eigenvalue weighted by molar-refractivity contribution is 0.0178. The van der Waals surface area contributed by atoms with Gasteiger partial charge in [-0.05, 0) is 87.9 Å². The van der Waals surface area contributed by atoms with Gasteiger partial charge in [0.1, 0.15) is 33.5 Å². The zero-order valence-corrected chi connectivity index (χ0v) is 29.7. The summed E-state index contributed by atoms with van der Waals surface area (Å²) in [6, 6.07) is 3.87. The summed E-state index contributed by atoms with van der Waals surface area (Å²) in [5.74, 6) is 4.78. The molecule has 1 atom stereocenters. The second-order valence-corrected chi connectivity index (χ2v) is 16.6. The Balaban J connectivity index is 0.000000184. The van der Waals surface area contributed by atoms with Crippen LogP contribution in [0.15, 0.2) is 30.9 Å². The van der Waals surface area contributed by atoms with Crippen LogP contribution in [0, 0.1) is 11.8 Å². The van der Waals surface area contributed by atoms with Gasteiger partial charge in [0, 0.05) is 67.6 Å². The minimum atomic E-state index is -2.06. The fourth-order valence-electron chi connectivity index (χ4n) is 5.93. The van der Waals surface area contributed by atoms with E-state index in [0.717, 1.165) is 73.9 Å². The largest absolute Gasteiger partial charge is 0.444 e. The Bertz CT molecular complexity index is 1790. The first-order valence-corrected chi connectivity index (χ1v) is 18.6. The molecule has 0 spiro atoms. The molecule has 15 heteroatoms. The average Bonchev–Trinajstić information content (AvgIpc) is 3.58. The number of carbonyl (C=O) groups is 1. The van der Waals surface area contributed by atoms with Gasteiger partial charge >= 0.3 is 6.09 Å². The summed E-state index contributed by atoms with van der Waals surface area (Å²) >= 11 is 18.1. The Hall–Kier alpha value is -2.64. The number of hydrogen-bond donors (Lipinski definition) is 0. The van der Waals surface area contributed by atoms with E-state index < -0.39 is 15.3 Å². The van der Waals surface area contributed by atoms with Gasteiger partial charge in [-0.1, -0.05) is 23.2 Å². The fraction of sp³-hybridized carbons (Fsp3) is 0.548. The van der Waals surface area contributed by atoms with Gasteiger partial charge in [-0.15, -0.1) is 0 Å². The van der Waals surface area contributed by atoms with Gasteiger partial charge in [0.2, 0.25) is 5.28 Å². The lowest BCUT2D eigenvalue weighted by atomic mass is 9.97. The number of nitrogens with zero attached hydrogens (tertiary/aromatic N) is 8. The number of amides is 1. The molecular weight excluding hydrogens is 671 g/mol. The molecule has 250 valence electrons. The van der Waals surface area contributed by atoms with Gasteiger partial charge in [0.15, 0.2) is 0 Å². The van der Waals surface area contributed by atoms with Crippen molar-refractivity contribution in [2.45, 2.75) is 65.1 Å². The number of hydrogen-bond acceptors (Lipinski definition) is 7. The Labute approximate surface area is 285 Å². The van der Waals surface area contributed by atoms with Gasteiger partial charge in [0.25, 0.3) is 0 Å². The molecule has 0 radical (unpaired) electrons. The minimum Gasteiger partial charge on any atom is -0.444 e. The molecule has 0 aromatic carbocycles. The highest BCUT2D eigenvalue weighted by Crippen LogP contribution is 2.27. The number of likely N-dealkylation sites (tertiary alicyclic amines) is 1. The van der Waals surface area contributed by atoms with E-state index >= 15 is 0 Å². The fourth-order valence-corrected chi connectivity index (χ4v) is 7.54. The molecule has 1 unspecified atom stereocenters. The third-order valence-corrected chi connectivity index (χ3v) is 10.6. The topological polar surface area (TPSA) is 111 Å². The number of rotatable bonds is 5. The lowest BCUT2D eigenvalue weighted by Gasteiger charge is -2.33. The Morgan fingerprint density at radius 1 is 0.891 bits per heavy atom. The second kappa shape index (κ2) is 14.2. The van der Waals surface area contributed by atoms with Crippen LogP contribution in [0.2, 0.25) is 15.6 Å². The summed E-state index contributed by atoms with van der Waals surface area (Å²) in [4.78, 5) is 30.5. The molecule has 2 saturated heterocycles. The Morgan fingerprint density at radius 2 is 1.43 bits per heavy atom. The van der Waals surface area contributed by atoms with Gasteiger partial charge in [-0.2, -0.15) is 4.98 Å². The van der Waals surface area contributed by atoms with Crippen molar-refractivity contribution in [3.63, 3.8) is 0 Å². The van der Waals surface area contributed by atoms with Crippen LogP contribution in [0.1, 0.15) is 46.5 Å². The van der Waals surface area contributed by atoms with E-state index in [1.165, 1.54) is 6.33 Å². The number of carbonyl (C=O) groups excluding carboxylic acids is 1. The highest BCUT2D eigenvalue weighted by Gasteiger charge is 2.27. The van der Waals surface area contributed by atoms with E-state index in [1.54, 1.807) is 11.2 Å². The van der Waals surface area contributed by atoms with Crippen LogP contribution in [-0.4, -0.2) is 92.5 Å². The second-order valence-electron chi connectivity index (χ2n) is 13.1. The summed E-state index contributed by atoms with van der Waals surface area (Å²) in [6.45, 7) is 10.5. The number of ether oxygens (including phenoxy) is 1. The maximum Gasteiger partial charge on any atom is 0.410 e. The van der Waals surface area contributed by atoms with Crippen LogP contribution in [0.25, 0.3) is 22.1 Å². The Kier molecular flexibility index (Phi) is 10.7. The van der Waals surface area contributed by atoms with Crippen LogP contribution in [0.4, 0.5) is 4.79 Å². The Morgan fingerprint density at radius 3 is 2.00 bits per heavy atom. The molecule has 0 N–H and O–H groups in total. The first-order chi connectivity index (χ1) is 21.7. The third-order valence-electron chi connectivity index (χ3n) is 8.35. The normalized spacial score (nSPS) is 18.4. The van der Waals surface area contributed by atoms with Crippen LogP contribution in [0.5, 0.6) is 0 Å². The molecule has 1 amide bonds. The van der Waals surface area contributed by atoms with Crippen molar-refractivity contribution in [3.8, 4) is 0 Å². The van der Waals surface area contributed by atoms with Crippen molar-refractivity contribution in [1.29, 1.82) is 0 Å². The van der Waals surface area contributed by atoms with E-state index in [0.29, 0.717) is 35.2 Å². The number of piperidine rings is 2. The SMILES string of the molecule is C=S(C)(=O)N1CCC(Cn2ccc3c(Cl)ncnc32)CC1.CC(C)(C)OC(=O)N1CCC(Cn2ccc3c(Cl)nc(Cl)nc32)CC1. The van der Waals surface area contributed by atoms with E-state index in [2.05, 4.69) is 34.9 Å².